The number of hydrogen-bond acceptors (Lipinski definition) is 4. The van der Waals surface area contributed by atoms with Crippen molar-refractivity contribution in [2.75, 3.05) is 20.7 Å². The third kappa shape index (κ3) is 4.96. The van der Waals surface area contributed by atoms with Gasteiger partial charge in [-0.05, 0) is 20.0 Å². The van der Waals surface area contributed by atoms with Crippen LogP contribution >= 0.6 is 0 Å². The number of carbonyl (C=O) groups is 1. The number of halogens is 1. The Morgan fingerprint density at radius 3 is 2.74 bits per heavy atom. The number of esters is 1. The maximum Gasteiger partial charge on any atom is 0.305 e. The molecule has 1 rings (SSSR count). The number of benzene rings is 1. The molecule has 19 heavy (non-hydrogen) atoms. The first-order valence-corrected chi connectivity index (χ1v) is 6.30. The summed E-state index contributed by atoms with van der Waals surface area (Å²) in [5.74, 6) is -0.450. The van der Waals surface area contributed by atoms with Gasteiger partial charge in [-0.1, -0.05) is 18.2 Å². The lowest BCUT2D eigenvalue weighted by Crippen LogP contribution is -2.21. The quantitative estimate of drug-likeness (QED) is 0.764. The van der Waals surface area contributed by atoms with Crippen molar-refractivity contribution in [1.82, 2.24) is 4.90 Å². The summed E-state index contributed by atoms with van der Waals surface area (Å²) in [6.07, 6.45) is 1.08. The van der Waals surface area contributed by atoms with E-state index in [2.05, 4.69) is 4.74 Å². The highest BCUT2D eigenvalue weighted by Crippen LogP contribution is 2.14. The van der Waals surface area contributed by atoms with Gasteiger partial charge in [-0.2, -0.15) is 0 Å². The Morgan fingerprint density at radius 2 is 2.11 bits per heavy atom. The van der Waals surface area contributed by atoms with Gasteiger partial charge in [-0.15, -0.1) is 0 Å². The molecule has 0 aromatic heterocycles. The third-order valence-corrected chi connectivity index (χ3v) is 2.97. The van der Waals surface area contributed by atoms with Crippen molar-refractivity contribution in [1.29, 1.82) is 0 Å². The van der Waals surface area contributed by atoms with Gasteiger partial charge >= 0.3 is 5.97 Å². The van der Waals surface area contributed by atoms with Crippen molar-refractivity contribution in [3.63, 3.8) is 0 Å². The second-order valence-corrected chi connectivity index (χ2v) is 4.51. The van der Waals surface area contributed by atoms with Crippen LogP contribution in [0.5, 0.6) is 0 Å². The van der Waals surface area contributed by atoms with Crippen molar-refractivity contribution in [2.45, 2.75) is 25.9 Å². The second kappa shape index (κ2) is 7.86. The molecule has 0 saturated carbocycles. The van der Waals surface area contributed by atoms with Gasteiger partial charge in [0.05, 0.1) is 7.11 Å². The third-order valence-electron chi connectivity index (χ3n) is 2.97. The zero-order chi connectivity index (χ0) is 14.3. The number of hydrogen-bond donors (Lipinski definition) is 1. The zero-order valence-corrected chi connectivity index (χ0v) is 11.5. The first kappa shape index (κ1) is 15.6. The molecule has 0 heterocycles. The number of rotatable bonds is 7. The van der Waals surface area contributed by atoms with E-state index in [1.165, 1.54) is 7.11 Å². The summed E-state index contributed by atoms with van der Waals surface area (Å²) in [7, 11) is 3.27. The molecule has 1 aromatic rings. The minimum atomic E-state index is -0.232. The lowest BCUT2D eigenvalue weighted by atomic mass is 10.1. The molecular weight excluding hydrogens is 247 g/mol. The van der Waals surface area contributed by atoms with Gasteiger partial charge in [-0.25, -0.2) is 4.39 Å². The molecule has 2 N–H and O–H groups in total. The molecule has 5 heteroatoms. The van der Waals surface area contributed by atoms with E-state index in [4.69, 9.17) is 5.73 Å². The Balaban J connectivity index is 2.48. The van der Waals surface area contributed by atoms with Crippen LogP contribution < -0.4 is 5.73 Å². The summed E-state index contributed by atoms with van der Waals surface area (Å²) < 4.78 is 18.5. The van der Waals surface area contributed by atoms with Gasteiger partial charge in [-0.3, -0.25) is 4.79 Å². The molecule has 0 spiro atoms. The molecule has 106 valence electrons. The van der Waals surface area contributed by atoms with E-state index < -0.39 is 0 Å². The molecule has 0 radical (unpaired) electrons. The van der Waals surface area contributed by atoms with Crippen LogP contribution in [0.25, 0.3) is 0 Å². The Labute approximate surface area is 113 Å². The smallest absolute Gasteiger partial charge is 0.305 e. The lowest BCUT2D eigenvalue weighted by molar-refractivity contribution is -0.140. The average Bonchev–Trinajstić information content (AvgIpc) is 2.41. The Kier molecular flexibility index (Phi) is 6.45. The standard InChI is InChI=1S/C14H21FN2O2/c1-17(8-4-7-13(18)19-2)10-12-6-3-5-11(9-16)14(12)15/h3,5-6H,4,7-10,16H2,1-2H3. The molecule has 4 nitrogen and oxygen atoms in total. The van der Waals surface area contributed by atoms with E-state index in [0.29, 0.717) is 37.1 Å². The maximum absolute atomic E-state index is 14.0. The van der Waals surface area contributed by atoms with Crippen molar-refractivity contribution < 1.29 is 13.9 Å². The summed E-state index contributed by atoms with van der Waals surface area (Å²) in [5.41, 5.74) is 6.63. The average molecular weight is 268 g/mol. The topological polar surface area (TPSA) is 55.6 Å². The van der Waals surface area contributed by atoms with Gasteiger partial charge < -0.3 is 15.4 Å². The van der Waals surface area contributed by atoms with Crippen molar-refractivity contribution in [2.24, 2.45) is 5.73 Å². The predicted octanol–water partition coefficient (Wildman–Crippen LogP) is 1.67. The molecule has 0 bridgehead atoms. The Morgan fingerprint density at radius 1 is 1.42 bits per heavy atom. The lowest BCUT2D eigenvalue weighted by Gasteiger charge is -2.17. The largest absolute Gasteiger partial charge is 0.469 e. The monoisotopic (exact) mass is 268 g/mol. The summed E-state index contributed by atoms with van der Waals surface area (Å²) in [6.45, 7) is 1.41. The molecule has 0 unspecified atom stereocenters. The first-order chi connectivity index (χ1) is 9.08. The number of carbonyl (C=O) groups excluding carboxylic acids is 1. The fraction of sp³-hybridized carbons (Fsp3) is 0.500. The number of methoxy groups -OCH3 is 1. The minimum absolute atomic E-state index is 0.200. The predicted molar refractivity (Wildman–Crippen MR) is 71.9 cm³/mol. The van der Waals surface area contributed by atoms with E-state index in [-0.39, 0.29) is 18.3 Å². The molecule has 0 aliphatic carbocycles. The van der Waals surface area contributed by atoms with Crippen LogP contribution in [0, 0.1) is 5.82 Å². The second-order valence-electron chi connectivity index (χ2n) is 4.51. The van der Waals surface area contributed by atoms with Crippen molar-refractivity contribution in [3.05, 3.63) is 35.1 Å². The molecular formula is C14H21FN2O2. The van der Waals surface area contributed by atoms with Crippen molar-refractivity contribution in [3.8, 4) is 0 Å². The van der Waals surface area contributed by atoms with Crippen LogP contribution in [0.2, 0.25) is 0 Å². The van der Waals surface area contributed by atoms with Gasteiger partial charge in [0.1, 0.15) is 5.82 Å². The van der Waals surface area contributed by atoms with Crippen molar-refractivity contribution >= 4 is 5.97 Å². The van der Waals surface area contributed by atoms with E-state index in [1.54, 1.807) is 12.1 Å². The number of ether oxygens (including phenoxy) is 1. The van der Waals surface area contributed by atoms with Crippen LogP contribution in [0.4, 0.5) is 4.39 Å². The molecule has 0 aliphatic rings. The maximum atomic E-state index is 14.0. The van der Waals surface area contributed by atoms with E-state index in [9.17, 15) is 9.18 Å². The molecule has 0 fully saturated rings. The van der Waals surface area contributed by atoms with Crippen LogP contribution in [-0.2, 0) is 22.6 Å². The van der Waals surface area contributed by atoms with Crippen LogP contribution in [0.1, 0.15) is 24.0 Å². The zero-order valence-electron chi connectivity index (χ0n) is 11.5. The Bertz CT molecular complexity index is 424. The summed E-state index contributed by atoms with van der Waals surface area (Å²) in [5, 5.41) is 0. The van der Waals surface area contributed by atoms with Gasteiger partial charge in [0, 0.05) is 30.6 Å². The molecule has 0 amide bonds. The van der Waals surface area contributed by atoms with Gasteiger partial charge in [0.15, 0.2) is 0 Å². The van der Waals surface area contributed by atoms with E-state index >= 15 is 0 Å². The molecule has 0 atom stereocenters. The molecule has 1 aromatic carbocycles. The minimum Gasteiger partial charge on any atom is -0.469 e. The van der Waals surface area contributed by atoms with E-state index in [1.807, 2.05) is 18.0 Å². The fourth-order valence-corrected chi connectivity index (χ4v) is 1.88. The number of nitrogens with two attached hydrogens (primary N) is 1. The van der Waals surface area contributed by atoms with E-state index in [0.717, 1.165) is 0 Å². The molecule has 0 saturated heterocycles. The normalized spacial score (nSPS) is 10.8. The highest BCUT2D eigenvalue weighted by molar-refractivity contribution is 5.69. The van der Waals surface area contributed by atoms with Crippen LogP contribution in [-0.4, -0.2) is 31.6 Å². The first-order valence-electron chi connectivity index (χ1n) is 6.30. The van der Waals surface area contributed by atoms with Gasteiger partial charge in [0.2, 0.25) is 0 Å². The summed E-state index contributed by atoms with van der Waals surface area (Å²) in [4.78, 5) is 12.9. The highest BCUT2D eigenvalue weighted by atomic mass is 19.1. The summed E-state index contributed by atoms with van der Waals surface area (Å²) >= 11 is 0. The van der Waals surface area contributed by atoms with Crippen LogP contribution in [0.3, 0.4) is 0 Å². The highest BCUT2D eigenvalue weighted by Gasteiger charge is 2.09. The van der Waals surface area contributed by atoms with Crippen LogP contribution in [0.15, 0.2) is 18.2 Å². The fourth-order valence-electron chi connectivity index (χ4n) is 1.88. The summed E-state index contributed by atoms with van der Waals surface area (Å²) in [6, 6.07) is 5.25. The van der Waals surface area contributed by atoms with Gasteiger partial charge in [0.25, 0.3) is 0 Å². The SMILES string of the molecule is COC(=O)CCCN(C)Cc1cccc(CN)c1F. The molecule has 0 aliphatic heterocycles. The Hall–Kier alpha value is -1.46. The number of nitrogens with zero attached hydrogens (tertiary/aromatic N) is 1.